The Balaban J connectivity index is 0. The van der Waals surface area contributed by atoms with Gasteiger partial charge in [0.2, 0.25) is 0 Å². The lowest BCUT2D eigenvalue weighted by molar-refractivity contribution is 0.403. The Morgan fingerprint density at radius 2 is 1.95 bits per heavy atom. The molecule has 0 amide bonds. The first-order chi connectivity index (χ1) is 9.24. The van der Waals surface area contributed by atoms with Gasteiger partial charge in [0.05, 0.1) is 5.75 Å². The molecule has 0 aromatic carbocycles. The molecular weight excluding hydrogens is 403 g/mol. The van der Waals surface area contributed by atoms with Crippen molar-refractivity contribution < 1.29 is 8.42 Å². The molecule has 2 N–H and O–H groups in total. The lowest BCUT2D eigenvalue weighted by Crippen LogP contribution is -2.43. The summed E-state index contributed by atoms with van der Waals surface area (Å²) in [6.07, 6.45) is 2.85. The van der Waals surface area contributed by atoms with Gasteiger partial charge in [0, 0.05) is 25.4 Å². The Morgan fingerprint density at radius 3 is 2.43 bits per heavy atom. The van der Waals surface area contributed by atoms with Crippen molar-refractivity contribution in [2.75, 3.05) is 45.7 Å². The van der Waals surface area contributed by atoms with E-state index in [0.717, 1.165) is 32.0 Å². The monoisotopic (exact) mass is 434 g/mol. The van der Waals surface area contributed by atoms with Gasteiger partial charge in [-0.05, 0) is 47.3 Å². The van der Waals surface area contributed by atoms with Crippen LogP contribution in [0.5, 0.6) is 0 Å². The number of rotatable bonds is 9. The van der Waals surface area contributed by atoms with E-state index in [0.29, 0.717) is 6.42 Å². The Labute approximate surface area is 147 Å². The third-order valence-corrected chi connectivity index (χ3v) is 3.66. The summed E-state index contributed by atoms with van der Waals surface area (Å²) in [5, 5.41) is 6.41. The maximum Gasteiger partial charge on any atom is 0.191 e. The molecule has 0 aliphatic carbocycles. The third-order valence-electron chi connectivity index (χ3n) is 2.68. The van der Waals surface area contributed by atoms with Crippen molar-refractivity contribution in [2.45, 2.75) is 32.7 Å². The first kappa shape index (κ1) is 23.2. The van der Waals surface area contributed by atoms with Gasteiger partial charge in [0.1, 0.15) is 9.84 Å². The van der Waals surface area contributed by atoms with Crippen LogP contribution in [-0.4, -0.2) is 71.1 Å². The van der Waals surface area contributed by atoms with E-state index in [9.17, 15) is 8.42 Å². The van der Waals surface area contributed by atoms with E-state index in [2.05, 4.69) is 20.5 Å². The van der Waals surface area contributed by atoms with Crippen LogP contribution < -0.4 is 10.6 Å². The van der Waals surface area contributed by atoms with Crippen LogP contribution >= 0.6 is 24.0 Å². The van der Waals surface area contributed by atoms with Gasteiger partial charge < -0.3 is 15.5 Å². The number of aliphatic imine (C=N–C) groups is 1. The molecule has 0 radical (unpaired) electrons. The molecule has 0 aliphatic heterocycles. The number of hydrogen-bond donors (Lipinski definition) is 2. The highest BCUT2D eigenvalue weighted by atomic mass is 127. The minimum atomic E-state index is -2.90. The van der Waals surface area contributed by atoms with E-state index in [4.69, 9.17) is 0 Å². The zero-order valence-electron chi connectivity index (χ0n) is 13.8. The van der Waals surface area contributed by atoms with Gasteiger partial charge in [-0.15, -0.1) is 24.0 Å². The summed E-state index contributed by atoms with van der Waals surface area (Å²) in [7, 11) is 1.18. The molecule has 1 unspecified atom stereocenters. The second kappa shape index (κ2) is 12.5. The topological polar surface area (TPSA) is 73.8 Å². The van der Waals surface area contributed by atoms with Gasteiger partial charge in [-0.25, -0.2) is 8.42 Å². The molecule has 128 valence electrons. The standard InChI is InChI=1S/C13H30N4O2S.HI/c1-6-14-13(15-9-7-10-17(3)4)16-12(2)8-11-20(5,18)19;/h12H,6-11H2,1-5H3,(H2,14,15,16);1H. The molecule has 0 aromatic rings. The molecule has 21 heavy (non-hydrogen) atoms. The van der Waals surface area contributed by atoms with Crippen molar-refractivity contribution in [3.05, 3.63) is 0 Å². The van der Waals surface area contributed by atoms with Crippen molar-refractivity contribution >= 4 is 39.8 Å². The fourth-order valence-corrected chi connectivity index (χ4v) is 2.38. The Kier molecular flexibility index (Phi) is 13.7. The molecule has 6 nitrogen and oxygen atoms in total. The van der Waals surface area contributed by atoms with Crippen LogP contribution in [0.3, 0.4) is 0 Å². The van der Waals surface area contributed by atoms with Crippen LogP contribution in [0.25, 0.3) is 0 Å². The summed E-state index contributed by atoms with van der Waals surface area (Å²) in [5.74, 6) is 0.952. The average Bonchev–Trinajstić information content (AvgIpc) is 2.31. The first-order valence-corrected chi connectivity index (χ1v) is 9.18. The molecule has 0 spiro atoms. The summed E-state index contributed by atoms with van der Waals surface area (Å²) in [6, 6.07) is 0.0800. The minimum absolute atomic E-state index is 0. The van der Waals surface area contributed by atoms with Gasteiger partial charge in [-0.2, -0.15) is 0 Å². The molecule has 0 rings (SSSR count). The van der Waals surface area contributed by atoms with Crippen LogP contribution in [0, 0.1) is 0 Å². The number of hydrogen-bond acceptors (Lipinski definition) is 4. The molecule has 1 atom stereocenters. The summed E-state index contributed by atoms with van der Waals surface area (Å²) in [4.78, 5) is 6.62. The van der Waals surface area contributed by atoms with E-state index in [1.165, 1.54) is 6.26 Å². The average molecular weight is 434 g/mol. The highest BCUT2D eigenvalue weighted by molar-refractivity contribution is 14.0. The van der Waals surface area contributed by atoms with Crippen molar-refractivity contribution in [1.82, 2.24) is 15.5 Å². The maximum atomic E-state index is 11.1. The fraction of sp³-hybridized carbons (Fsp3) is 0.923. The lowest BCUT2D eigenvalue weighted by Gasteiger charge is -2.17. The number of guanidine groups is 1. The molecular formula is C13H31IN4O2S. The first-order valence-electron chi connectivity index (χ1n) is 7.12. The van der Waals surface area contributed by atoms with E-state index < -0.39 is 9.84 Å². The van der Waals surface area contributed by atoms with Crippen molar-refractivity contribution in [3.63, 3.8) is 0 Å². The number of halogens is 1. The van der Waals surface area contributed by atoms with Crippen LogP contribution in [0.4, 0.5) is 0 Å². The molecule has 0 heterocycles. The predicted octanol–water partition coefficient (Wildman–Crippen LogP) is 0.934. The number of nitrogens with one attached hydrogen (secondary N) is 2. The van der Waals surface area contributed by atoms with E-state index in [1.807, 2.05) is 27.9 Å². The smallest absolute Gasteiger partial charge is 0.191 e. The molecule has 0 aromatic heterocycles. The molecule has 0 aliphatic rings. The molecule has 0 bridgehead atoms. The van der Waals surface area contributed by atoms with E-state index in [-0.39, 0.29) is 35.8 Å². The summed E-state index contributed by atoms with van der Waals surface area (Å²) in [6.45, 7) is 6.53. The lowest BCUT2D eigenvalue weighted by atomic mass is 10.3. The van der Waals surface area contributed by atoms with Crippen LogP contribution in [-0.2, 0) is 9.84 Å². The van der Waals surface area contributed by atoms with Gasteiger partial charge in [-0.3, -0.25) is 4.99 Å². The fourth-order valence-electron chi connectivity index (χ4n) is 1.59. The van der Waals surface area contributed by atoms with Crippen molar-refractivity contribution in [2.24, 2.45) is 4.99 Å². The molecule has 0 saturated heterocycles. The predicted molar refractivity (Wildman–Crippen MR) is 101 cm³/mol. The van der Waals surface area contributed by atoms with Crippen LogP contribution in [0.1, 0.15) is 26.7 Å². The molecule has 0 fully saturated rings. The molecule has 0 saturated carbocycles. The summed E-state index contributed by atoms with van der Waals surface area (Å²) >= 11 is 0. The largest absolute Gasteiger partial charge is 0.357 e. The van der Waals surface area contributed by atoms with Crippen LogP contribution in [0.15, 0.2) is 4.99 Å². The maximum absolute atomic E-state index is 11.1. The van der Waals surface area contributed by atoms with Crippen LogP contribution in [0.2, 0.25) is 0 Å². The SMILES string of the molecule is CCNC(=NCCCN(C)C)NC(C)CCS(C)(=O)=O.I. The normalized spacial score (nSPS) is 13.7. The van der Waals surface area contributed by atoms with Gasteiger partial charge in [-0.1, -0.05) is 0 Å². The molecule has 8 heteroatoms. The number of sulfone groups is 1. The highest BCUT2D eigenvalue weighted by Gasteiger charge is 2.09. The summed E-state index contributed by atoms with van der Waals surface area (Å²) < 4.78 is 22.3. The quantitative estimate of drug-likeness (QED) is 0.245. The zero-order valence-corrected chi connectivity index (χ0v) is 17.0. The second-order valence-corrected chi connectivity index (χ2v) is 7.64. The minimum Gasteiger partial charge on any atom is -0.357 e. The third kappa shape index (κ3) is 16.1. The second-order valence-electron chi connectivity index (χ2n) is 5.38. The van der Waals surface area contributed by atoms with Gasteiger partial charge in [0.25, 0.3) is 0 Å². The van der Waals surface area contributed by atoms with E-state index in [1.54, 1.807) is 0 Å². The highest BCUT2D eigenvalue weighted by Crippen LogP contribution is 1.95. The Morgan fingerprint density at radius 1 is 1.33 bits per heavy atom. The Hall–Kier alpha value is -0.0900. The van der Waals surface area contributed by atoms with Gasteiger partial charge in [0.15, 0.2) is 5.96 Å². The van der Waals surface area contributed by atoms with Gasteiger partial charge >= 0.3 is 0 Å². The number of nitrogens with zero attached hydrogens (tertiary/aromatic N) is 2. The van der Waals surface area contributed by atoms with E-state index >= 15 is 0 Å². The zero-order chi connectivity index (χ0) is 15.6. The Bertz CT molecular complexity index is 386. The summed E-state index contributed by atoms with van der Waals surface area (Å²) in [5.41, 5.74) is 0. The van der Waals surface area contributed by atoms with Crippen molar-refractivity contribution in [3.8, 4) is 0 Å². The van der Waals surface area contributed by atoms with Crippen molar-refractivity contribution in [1.29, 1.82) is 0 Å².